The molecule has 2 heterocycles. The van der Waals surface area contributed by atoms with Crippen LogP contribution in [0.2, 0.25) is 0 Å². The van der Waals surface area contributed by atoms with Gasteiger partial charge in [-0.25, -0.2) is 0 Å². The van der Waals surface area contributed by atoms with Crippen molar-refractivity contribution in [1.29, 1.82) is 0 Å². The summed E-state index contributed by atoms with van der Waals surface area (Å²) in [5, 5.41) is 5.07. The molecule has 5 aliphatic rings. The summed E-state index contributed by atoms with van der Waals surface area (Å²) < 4.78 is 4.91. The van der Waals surface area contributed by atoms with Crippen LogP contribution in [0.5, 0.6) is 0 Å². The number of benzene rings is 8. The lowest BCUT2D eigenvalue weighted by Gasteiger charge is -2.61. The van der Waals surface area contributed by atoms with Crippen molar-refractivity contribution in [3.05, 3.63) is 199 Å². The van der Waals surface area contributed by atoms with Crippen molar-refractivity contribution in [3.8, 4) is 22.5 Å². The minimum Gasteiger partial charge on any atom is -0.310 e. The summed E-state index contributed by atoms with van der Waals surface area (Å²) in [6.45, 7) is 0. The van der Waals surface area contributed by atoms with Crippen LogP contribution in [0, 0.1) is 23.7 Å². The van der Waals surface area contributed by atoms with Crippen molar-refractivity contribution in [3.63, 3.8) is 0 Å². The van der Waals surface area contributed by atoms with Gasteiger partial charge < -0.3 is 14.0 Å². The highest BCUT2D eigenvalue weighted by molar-refractivity contribution is 6.12. The second-order valence-corrected chi connectivity index (χ2v) is 18.5. The Morgan fingerprint density at radius 2 is 0.869 bits per heavy atom. The number of hydrogen-bond acceptors (Lipinski definition) is 1. The Labute approximate surface area is 356 Å². The third-order valence-corrected chi connectivity index (χ3v) is 15.7. The summed E-state index contributed by atoms with van der Waals surface area (Å²) in [5.74, 6) is 3.20. The van der Waals surface area contributed by atoms with Gasteiger partial charge >= 0.3 is 0 Å². The van der Waals surface area contributed by atoms with Crippen LogP contribution in [0.3, 0.4) is 0 Å². The van der Waals surface area contributed by atoms with Crippen LogP contribution in [-0.4, -0.2) is 9.13 Å². The average molecular weight is 784 g/mol. The Morgan fingerprint density at radius 1 is 0.393 bits per heavy atom. The van der Waals surface area contributed by atoms with Gasteiger partial charge in [0, 0.05) is 55.3 Å². The lowest BCUT2D eigenvalue weighted by molar-refractivity contribution is -0.0399. The second-order valence-electron chi connectivity index (χ2n) is 18.5. The van der Waals surface area contributed by atoms with Gasteiger partial charge in [-0.15, -0.1) is 0 Å². The second kappa shape index (κ2) is 12.6. The van der Waals surface area contributed by atoms with Crippen LogP contribution in [0.1, 0.15) is 43.2 Å². The van der Waals surface area contributed by atoms with E-state index >= 15 is 0 Å². The van der Waals surface area contributed by atoms with Crippen molar-refractivity contribution >= 4 is 60.7 Å². The maximum Gasteiger partial charge on any atom is 0.0561 e. The van der Waals surface area contributed by atoms with E-state index in [1.54, 1.807) is 11.1 Å². The highest BCUT2D eigenvalue weighted by Crippen LogP contribution is 2.70. The molecule has 10 aromatic rings. The van der Waals surface area contributed by atoms with Gasteiger partial charge in [0.25, 0.3) is 0 Å². The van der Waals surface area contributed by atoms with Gasteiger partial charge in [0.15, 0.2) is 0 Å². The van der Waals surface area contributed by atoms with Gasteiger partial charge in [0.1, 0.15) is 0 Å². The first-order valence-corrected chi connectivity index (χ1v) is 22.4. The van der Waals surface area contributed by atoms with E-state index in [1.807, 2.05) is 0 Å². The zero-order valence-electron chi connectivity index (χ0n) is 34.1. The van der Waals surface area contributed by atoms with Crippen molar-refractivity contribution in [2.75, 3.05) is 4.90 Å². The van der Waals surface area contributed by atoms with Gasteiger partial charge in [-0.1, -0.05) is 121 Å². The molecule has 0 saturated heterocycles. The molecule has 0 amide bonds. The number of para-hydroxylation sites is 4. The van der Waals surface area contributed by atoms with E-state index in [0.717, 1.165) is 23.2 Å². The molecule has 4 fully saturated rings. The molecule has 2 aromatic heterocycles. The number of fused-ring (bicyclic) bond motifs is 9. The van der Waals surface area contributed by atoms with Crippen molar-refractivity contribution in [2.24, 2.45) is 23.7 Å². The predicted octanol–water partition coefficient (Wildman–Crippen LogP) is 15.1. The normalized spacial score (nSPS) is 22.2. The molecular weight excluding hydrogens is 739 g/mol. The summed E-state index contributed by atoms with van der Waals surface area (Å²) in [4.78, 5) is 2.60. The number of aromatic nitrogens is 2. The van der Waals surface area contributed by atoms with Gasteiger partial charge in [-0.05, 0) is 139 Å². The summed E-state index contributed by atoms with van der Waals surface area (Å²) in [7, 11) is 0. The maximum atomic E-state index is 2.60. The number of nitrogens with zero attached hydrogens (tertiary/aromatic N) is 3. The smallest absolute Gasteiger partial charge is 0.0561 e. The molecule has 0 unspecified atom stereocenters. The Bertz CT molecular complexity index is 3200. The minimum atomic E-state index is 0.0778. The molecule has 292 valence electrons. The molecule has 15 rings (SSSR count). The largest absolute Gasteiger partial charge is 0.310 e. The van der Waals surface area contributed by atoms with Crippen molar-refractivity contribution in [1.82, 2.24) is 9.13 Å². The van der Waals surface area contributed by atoms with E-state index in [0.29, 0.717) is 11.8 Å². The molecule has 4 bridgehead atoms. The van der Waals surface area contributed by atoms with Gasteiger partial charge in [-0.3, -0.25) is 0 Å². The summed E-state index contributed by atoms with van der Waals surface area (Å²) in [6.07, 6.45) is 6.94. The SMILES string of the molecule is c1ccc(-n2c3ccccc3c3ccc(N(c4ccc5c6ccccc6n(-c6ccccc6)c5c4)c4cccc5c4-c4ccccc4C54C5CC6CC(C5)CC4C6)cc32)cc1. The molecule has 4 saturated carbocycles. The Balaban J connectivity index is 1.07. The van der Waals surface area contributed by atoms with Crippen LogP contribution < -0.4 is 4.90 Å². The molecule has 5 aliphatic carbocycles. The van der Waals surface area contributed by atoms with E-state index in [2.05, 4.69) is 202 Å². The first-order valence-electron chi connectivity index (χ1n) is 22.4. The molecule has 61 heavy (non-hydrogen) atoms. The minimum absolute atomic E-state index is 0.0778. The molecular formula is C58H45N3. The third kappa shape index (κ3) is 4.59. The molecule has 8 aromatic carbocycles. The topological polar surface area (TPSA) is 13.1 Å². The number of anilines is 3. The molecule has 0 aliphatic heterocycles. The van der Waals surface area contributed by atoms with Crippen molar-refractivity contribution in [2.45, 2.75) is 37.5 Å². The predicted molar refractivity (Wildman–Crippen MR) is 253 cm³/mol. The Morgan fingerprint density at radius 3 is 1.44 bits per heavy atom. The zero-order chi connectivity index (χ0) is 39.8. The Hall–Kier alpha value is -6.84. The molecule has 0 N–H and O–H groups in total. The molecule has 1 spiro atoms. The fraction of sp³-hybridized carbons (Fsp3) is 0.172. The molecule has 3 nitrogen and oxygen atoms in total. The monoisotopic (exact) mass is 783 g/mol. The van der Waals surface area contributed by atoms with Crippen LogP contribution in [0.25, 0.3) is 66.1 Å². The first kappa shape index (κ1) is 33.9. The van der Waals surface area contributed by atoms with Crippen LogP contribution in [0.15, 0.2) is 188 Å². The van der Waals surface area contributed by atoms with Gasteiger partial charge in [0.05, 0.1) is 27.8 Å². The lowest BCUT2D eigenvalue weighted by atomic mass is 9.43. The van der Waals surface area contributed by atoms with Gasteiger partial charge in [0.2, 0.25) is 0 Å². The standard InChI is InChI=1S/C58H45N3/c1-3-14-41(15-4-1)60-52-23-11-8-18-45(52)47-28-26-43(35-55(47)60)59(44-27-29-48-46-19-9-12-24-53(46)61(56(48)36-44)42-16-5-2-6-17-42)54-25-13-22-51-57(54)49-20-7-10-21-50(49)58(51)39-31-37-30-38(33-39)34-40(58)32-37/h1-29,35-40H,30-34H2. The van der Waals surface area contributed by atoms with E-state index in [9.17, 15) is 0 Å². The van der Waals surface area contributed by atoms with Crippen molar-refractivity contribution < 1.29 is 0 Å². The molecule has 0 radical (unpaired) electrons. The summed E-state index contributed by atoms with van der Waals surface area (Å²) in [6, 6.07) is 70.8. The number of hydrogen-bond donors (Lipinski definition) is 0. The quantitative estimate of drug-likeness (QED) is 0.169. The van der Waals surface area contributed by atoms with E-state index in [-0.39, 0.29) is 5.41 Å². The highest BCUT2D eigenvalue weighted by Gasteiger charge is 2.61. The lowest BCUT2D eigenvalue weighted by Crippen LogP contribution is -2.55. The zero-order valence-corrected chi connectivity index (χ0v) is 34.1. The van der Waals surface area contributed by atoms with Crippen LogP contribution >= 0.6 is 0 Å². The fourth-order valence-corrected chi connectivity index (χ4v) is 13.7. The van der Waals surface area contributed by atoms with Crippen LogP contribution in [-0.2, 0) is 5.41 Å². The summed E-state index contributed by atoms with van der Waals surface area (Å²) in [5.41, 5.74) is 16.9. The average Bonchev–Trinajstić information content (AvgIpc) is 3.93. The fourth-order valence-electron chi connectivity index (χ4n) is 13.7. The maximum absolute atomic E-state index is 2.60. The van der Waals surface area contributed by atoms with E-state index < -0.39 is 0 Å². The van der Waals surface area contributed by atoms with Crippen LogP contribution in [0.4, 0.5) is 17.1 Å². The highest BCUT2D eigenvalue weighted by atomic mass is 15.2. The molecule has 0 atom stereocenters. The van der Waals surface area contributed by atoms with E-state index in [4.69, 9.17) is 0 Å². The van der Waals surface area contributed by atoms with Gasteiger partial charge in [-0.2, -0.15) is 0 Å². The van der Waals surface area contributed by atoms with E-state index in [1.165, 1.54) is 104 Å². The summed E-state index contributed by atoms with van der Waals surface area (Å²) >= 11 is 0. The first-order chi connectivity index (χ1) is 30.2. The number of rotatable bonds is 5. The third-order valence-electron chi connectivity index (χ3n) is 15.7. The molecule has 3 heteroatoms. The Kier molecular flexibility index (Phi) is 7.01.